The zero-order valence-corrected chi connectivity index (χ0v) is 20.2. The van der Waals surface area contributed by atoms with Crippen LogP contribution in [-0.2, 0) is 14.8 Å². The molecule has 0 spiro atoms. The van der Waals surface area contributed by atoms with Gasteiger partial charge in [-0.05, 0) is 56.4 Å². The molecule has 1 saturated heterocycles. The van der Waals surface area contributed by atoms with Gasteiger partial charge in [-0.1, -0.05) is 43.7 Å². The number of H-pyrrole nitrogens is 1. The molecule has 2 heterocycles. The van der Waals surface area contributed by atoms with Crippen molar-refractivity contribution in [3.8, 4) is 0 Å². The summed E-state index contributed by atoms with van der Waals surface area (Å²) < 4.78 is 28.7. The molecular formula is C25H32N4O3S. The van der Waals surface area contributed by atoms with Gasteiger partial charge in [-0.25, -0.2) is 13.4 Å². The van der Waals surface area contributed by atoms with E-state index in [1.807, 2.05) is 45.0 Å². The number of aryl methyl sites for hydroxylation is 1. The maximum absolute atomic E-state index is 13.5. The van der Waals surface area contributed by atoms with Gasteiger partial charge in [0.2, 0.25) is 15.9 Å². The van der Waals surface area contributed by atoms with E-state index >= 15 is 0 Å². The predicted molar refractivity (Wildman–Crippen MR) is 129 cm³/mol. The third-order valence-corrected chi connectivity index (χ3v) is 7.65. The predicted octanol–water partition coefficient (Wildman–Crippen LogP) is 3.97. The number of aromatic amines is 1. The third kappa shape index (κ3) is 5.45. The SMILES string of the molecule is Cc1ccc(S(=O)(=O)NC(CC(C)C)C(=O)N2CCCC(c3nc4ccccc4[nH]3)C2)cc1. The summed E-state index contributed by atoms with van der Waals surface area (Å²) in [6, 6.07) is 13.8. The van der Waals surface area contributed by atoms with Gasteiger partial charge in [0, 0.05) is 19.0 Å². The first kappa shape index (κ1) is 23.4. The van der Waals surface area contributed by atoms with Crippen LogP contribution in [0.25, 0.3) is 11.0 Å². The monoisotopic (exact) mass is 468 g/mol. The van der Waals surface area contributed by atoms with Gasteiger partial charge in [0.25, 0.3) is 0 Å². The lowest BCUT2D eigenvalue weighted by molar-refractivity contribution is -0.134. The Morgan fingerprint density at radius 2 is 1.91 bits per heavy atom. The number of piperidine rings is 1. The number of para-hydroxylation sites is 2. The Morgan fingerprint density at radius 1 is 1.18 bits per heavy atom. The van der Waals surface area contributed by atoms with E-state index in [2.05, 4.69) is 9.71 Å². The van der Waals surface area contributed by atoms with E-state index in [-0.39, 0.29) is 22.6 Å². The Bertz CT molecular complexity index is 1180. The molecule has 7 nitrogen and oxygen atoms in total. The number of carbonyl (C=O) groups excluding carboxylic acids is 1. The van der Waals surface area contributed by atoms with Gasteiger partial charge in [0.1, 0.15) is 11.9 Å². The number of hydrogen-bond acceptors (Lipinski definition) is 4. The van der Waals surface area contributed by atoms with E-state index in [0.29, 0.717) is 19.5 Å². The van der Waals surface area contributed by atoms with Gasteiger partial charge >= 0.3 is 0 Å². The normalized spacial score (nSPS) is 18.1. The van der Waals surface area contributed by atoms with Crippen LogP contribution in [0, 0.1) is 12.8 Å². The zero-order chi connectivity index (χ0) is 23.6. The maximum atomic E-state index is 13.5. The first-order chi connectivity index (χ1) is 15.7. The van der Waals surface area contributed by atoms with Crippen LogP contribution in [0.2, 0.25) is 0 Å². The van der Waals surface area contributed by atoms with Crippen molar-refractivity contribution >= 4 is 27.0 Å². The second-order valence-electron chi connectivity index (χ2n) is 9.38. The van der Waals surface area contributed by atoms with Gasteiger partial charge in [-0.2, -0.15) is 4.72 Å². The Kier molecular flexibility index (Phi) is 6.86. The molecular weight excluding hydrogens is 436 g/mol. The number of likely N-dealkylation sites (tertiary alicyclic amines) is 1. The van der Waals surface area contributed by atoms with E-state index in [1.165, 1.54) is 0 Å². The fourth-order valence-electron chi connectivity index (χ4n) is 4.43. The summed E-state index contributed by atoms with van der Waals surface area (Å²) in [4.78, 5) is 23.6. The molecule has 0 aliphatic carbocycles. The Hall–Kier alpha value is -2.71. The van der Waals surface area contributed by atoms with Crippen LogP contribution in [0.5, 0.6) is 0 Å². The highest BCUT2D eigenvalue weighted by atomic mass is 32.2. The number of rotatable bonds is 7. The minimum atomic E-state index is -3.80. The van der Waals surface area contributed by atoms with E-state index in [0.717, 1.165) is 35.3 Å². The summed E-state index contributed by atoms with van der Waals surface area (Å²) in [7, 11) is -3.80. The molecule has 33 heavy (non-hydrogen) atoms. The third-order valence-electron chi connectivity index (χ3n) is 6.16. The highest BCUT2D eigenvalue weighted by Crippen LogP contribution is 2.28. The van der Waals surface area contributed by atoms with E-state index in [4.69, 9.17) is 4.98 Å². The molecule has 4 rings (SSSR count). The average Bonchev–Trinajstić information content (AvgIpc) is 3.22. The molecule has 1 aromatic heterocycles. The average molecular weight is 469 g/mol. The largest absolute Gasteiger partial charge is 0.342 e. The first-order valence-corrected chi connectivity index (χ1v) is 13.0. The van der Waals surface area contributed by atoms with Gasteiger partial charge in [-0.3, -0.25) is 4.79 Å². The molecule has 3 aromatic rings. The number of benzene rings is 2. The molecule has 2 aromatic carbocycles. The number of nitrogens with zero attached hydrogens (tertiary/aromatic N) is 2. The molecule has 176 valence electrons. The van der Waals surface area contributed by atoms with Crippen LogP contribution in [-0.4, -0.2) is 48.3 Å². The molecule has 0 bridgehead atoms. The number of aromatic nitrogens is 2. The maximum Gasteiger partial charge on any atom is 0.241 e. The molecule has 2 N–H and O–H groups in total. The lowest BCUT2D eigenvalue weighted by Crippen LogP contribution is -2.51. The van der Waals surface area contributed by atoms with Crippen molar-refractivity contribution in [2.45, 2.75) is 56.9 Å². The van der Waals surface area contributed by atoms with Crippen molar-refractivity contribution in [1.82, 2.24) is 19.6 Å². The molecule has 1 aliphatic heterocycles. The topological polar surface area (TPSA) is 95.2 Å². The van der Waals surface area contributed by atoms with Crippen molar-refractivity contribution in [2.75, 3.05) is 13.1 Å². The van der Waals surface area contributed by atoms with E-state index < -0.39 is 16.1 Å². The summed E-state index contributed by atoms with van der Waals surface area (Å²) in [6.45, 7) is 7.04. The first-order valence-electron chi connectivity index (χ1n) is 11.6. The smallest absolute Gasteiger partial charge is 0.241 e. The van der Waals surface area contributed by atoms with Gasteiger partial charge in [-0.15, -0.1) is 0 Å². The van der Waals surface area contributed by atoms with Crippen LogP contribution < -0.4 is 4.72 Å². The highest BCUT2D eigenvalue weighted by molar-refractivity contribution is 7.89. The molecule has 1 aliphatic rings. The number of nitrogens with one attached hydrogen (secondary N) is 2. The van der Waals surface area contributed by atoms with Gasteiger partial charge in [0.15, 0.2) is 0 Å². The van der Waals surface area contributed by atoms with Gasteiger partial charge in [0.05, 0.1) is 15.9 Å². The van der Waals surface area contributed by atoms with Crippen LogP contribution in [0.15, 0.2) is 53.4 Å². The lowest BCUT2D eigenvalue weighted by Gasteiger charge is -2.34. The number of imidazole rings is 1. The molecule has 0 radical (unpaired) electrons. The fourth-order valence-corrected chi connectivity index (χ4v) is 5.63. The molecule has 2 atom stereocenters. The fraction of sp³-hybridized carbons (Fsp3) is 0.440. The minimum absolute atomic E-state index is 0.100. The van der Waals surface area contributed by atoms with Crippen molar-refractivity contribution in [3.05, 3.63) is 59.9 Å². The van der Waals surface area contributed by atoms with Crippen LogP contribution in [0.1, 0.15) is 50.4 Å². The highest BCUT2D eigenvalue weighted by Gasteiger charge is 2.33. The number of fused-ring (bicyclic) bond motifs is 1. The molecule has 1 amide bonds. The summed E-state index contributed by atoms with van der Waals surface area (Å²) in [5.41, 5.74) is 2.88. The second kappa shape index (κ2) is 9.65. The summed E-state index contributed by atoms with van der Waals surface area (Å²) in [6.07, 6.45) is 2.23. The Balaban J connectivity index is 1.52. The lowest BCUT2D eigenvalue weighted by atomic mass is 9.95. The minimum Gasteiger partial charge on any atom is -0.342 e. The number of sulfonamides is 1. The molecule has 0 saturated carbocycles. The molecule has 8 heteroatoms. The van der Waals surface area contributed by atoms with Crippen LogP contribution in [0.4, 0.5) is 0 Å². The van der Waals surface area contributed by atoms with Crippen molar-refractivity contribution in [3.63, 3.8) is 0 Å². The Labute approximate surface area is 195 Å². The van der Waals surface area contributed by atoms with Crippen LogP contribution in [0.3, 0.4) is 0 Å². The standard InChI is InChI=1S/C25H32N4O3S/c1-17(2)15-23(28-33(31,32)20-12-10-18(3)11-13-20)25(30)29-14-6-7-19(16-29)24-26-21-8-4-5-9-22(21)27-24/h4-5,8-13,17,19,23,28H,6-7,14-16H2,1-3H3,(H,26,27). The summed E-state index contributed by atoms with van der Waals surface area (Å²) in [5, 5.41) is 0. The Morgan fingerprint density at radius 3 is 2.61 bits per heavy atom. The van der Waals surface area contributed by atoms with Crippen molar-refractivity contribution < 1.29 is 13.2 Å². The quantitative estimate of drug-likeness (QED) is 0.548. The zero-order valence-electron chi connectivity index (χ0n) is 19.4. The number of carbonyl (C=O) groups is 1. The van der Waals surface area contributed by atoms with Crippen molar-refractivity contribution in [2.24, 2.45) is 5.92 Å². The number of hydrogen-bond donors (Lipinski definition) is 2. The number of amides is 1. The summed E-state index contributed by atoms with van der Waals surface area (Å²) >= 11 is 0. The van der Waals surface area contributed by atoms with Gasteiger partial charge < -0.3 is 9.88 Å². The second-order valence-corrected chi connectivity index (χ2v) is 11.1. The van der Waals surface area contributed by atoms with Crippen LogP contribution >= 0.6 is 0 Å². The molecule has 1 fully saturated rings. The summed E-state index contributed by atoms with van der Waals surface area (Å²) in [5.74, 6) is 0.980. The van der Waals surface area contributed by atoms with Crippen molar-refractivity contribution in [1.29, 1.82) is 0 Å². The molecule has 2 unspecified atom stereocenters. The van der Waals surface area contributed by atoms with E-state index in [9.17, 15) is 13.2 Å². The van der Waals surface area contributed by atoms with E-state index in [1.54, 1.807) is 29.2 Å².